The van der Waals surface area contributed by atoms with Gasteiger partial charge in [0.05, 0.1) is 28.1 Å². The first kappa shape index (κ1) is 24.8. The number of methoxy groups -OCH3 is 1. The van der Waals surface area contributed by atoms with Crippen LogP contribution in [0.3, 0.4) is 0 Å². The summed E-state index contributed by atoms with van der Waals surface area (Å²) in [6.07, 6.45) is 1.62. The molecule has 0 saturated carbocycles. The molecule has 1 amide bonds. The molecule has 3 rings (SSSR count). The lowest BCUT2D eigenvalue weighted by atomic mass is 10.0. The molecule has 0 fully saturated rings. The Morgan fingerprint density at radius 2 is 1.88 bits per heavy atom. The fourth-order valence-corrected chi connectivity index (χ4v) is 3.64. The van der Waals surface area contributed by atoms with E-state index >= 15 is 0 Å². The highest BCUT2D eigenvalue weighted by Gasteiger charge is 2.14. The average Bonchev–Trinajstić information content (AvgIpc) is 2.83. The molecule has 0 aromatic heterocycles. The first-order valence-electron chi connectivity index (χ1n) is 9.73. The quantitative estimate of drug-likeness (QED) is 0.159. The first-order valence-corrected chi connectivity index (χ1v) is 10.9. The Labute approximate surface area is 208 Å². The lowest BCUT2D eigenvalue weighted by Crippen LogP contribution is -2.20. The van der Waals surface area contributed by atoms with Crippen molar-refractivity contribution in [3.63, 3.8) is 0 Å². The van der Waals surface area contributed by atoms with Crippen LogP contribution in [0.5, 0.6) is 11.5 Å². The van der Waals surface area contributed by atoms with Crippen LogP contribution < -0.4 is 14.8 Å². The van der Waals surface area contributed by atoms with Crippen molar-refractivity contribution in [2.45, 2.75) is 0 Å². The lowest BCUT2D eigenvalue weighted by Gasteiger charge is -2.14. The average molecular weight is 543 g/mol. The first-order chi connectivity index (χ1) is 16.3. The molecule has 0 aliphatic rings. The maximum absolute atomic E-state index is 12.2. The van der Waals surface area contributed by atoms with Crippen LogP contribution >= 0.6 is 27.5 Å². The van der Waals surface area contributed by atoms with E-state index in [0.29, 0.717) is 43.4 Å². The fourth-order valence-electron chi connectivity index (χ4n) is 2.94. The number of nitrogens with zero attached hydrogens (tertiary/aromatic N) is 2. The van der Waals surface area contributed by atoms with Gasteiger partial charge < -0.3 is 14.8 Å². The fraction of sp³-hybridized carbons (Fsp3) is 0.0833. The van der Waals surface area contributed by atoms with Gasteiger partial charge in [0.2, 0.25) is 0 Å². The molecule has 0 aliphatic heterocycles. The minimum atomic E-state index is -0.504. The summed E-state index contributed by atoms with van der Waals surface area (Å²) in [6, 6.07) is 17.8. The third-order valence-electron chi connectivity index (χ3n) is 4.55. The van der Waals surface area contributed by atoms with Crippen LogP contribution in [0.2, 0.25) is 5.02 Å². The molecular formula is C24H17BrClN3O5. The summed E-state index contributed by atoms with van der Waals surface area (Å²) in [7, 11) is 1.46. The van der Waals surface area contributed by atoms with Crippen LogP contribution in [0.4, 0.5) is 11.4 Å². The molecule has 0 radical (unpaired) electrons. The van der Waals surface area contributed by atoms with Crippen molar-refractivity contribution in [1.82, 2.24) is 0 Å². The van der Waals surface area contributed by atoms with Gasteiger partial charge in [0, 0.05) is 22.8 Å². The predicted molar refractivity (Wildman–Crippen MR) is 133 cm³/mol. The van der Waals surface area contributed by atoms with Gasteiger partial charge in [-0.2, -0.15) is 5.26 Å². The zero-order valence-electron chi connectivity index (χ0n) is 17.7. The number of nitrogens with one attached hydrogen (secondary N) is 1. The number of hydrogen-bond donors (Lipinski definition) is 1. The van der Waals surface area contributed by atoms with Crippen LogP contribution in [0.15, 0.2) is 65.1 Å². The molecule has 0 aliphatic carbocycles. The van der Waals surface area contributed by atoms with E-state index in [1.54, 1.807) is 42.5 Å². The van der Waals surface area contributed by atoms with Gasteiger partial charge in [-0.3, -0.25) is 14.9 Å². The Hall–Kier alpha value is -3.87. The summed E-state index contributed by atoms with van der Waals surface area (Å²) in [6.45, 7) is -0.265. The van der Waals surface area contributed by atoms with Crippen LogP contribution in [-0.4, -0.2) is 24.5 Å². The van der Waals surface area contributed by atoms with Crippen molar-refractivity contribution < 1.29 is 19.2 Å². The molecule has 0 heterocycles. The van der Waals surface area contributed by atoms with Crippen molar-refractivity contribution in [3.8, 4) is 17.6 Å². The molecule has 172 valence electrons. The van der Waals surface area contributed by atoms with Crippen molar-refractivity contribution in [1.29, 1.82) is 5.26 Å². The number of nitriles is 1. The van der Waals surface area contributed by atoms with Gasteiger partial charge in [-0.1, -0.05) is 11.6 Å². The van der Waals surface area contributed by atoms with E-state index in [2.05, 4.69) is 27.3 Å². The van der Waals surface area contributed by atoms with Gasteiger partial charge in [-0.05, 0) is 81.7 Å². The van der Waals surface area contributed by atoms with Gasteiger partial charge in [0.1, 0.15) is 0 Å². The van der Waals surface area contributed by atoms with Crippen molar-refractivity contribution in [2.75, 3.05) is 19.0 Å². The third-order valence-corrected chi connectivity index (χ3v) is 5.39. The number of hydrogen-bond acceptors (Lipinski definition) is 6. The molecule has 34 heavy (non-hydrogen) atoms. The van der Waals surface area contributed by atoms with Gasteiger partial charge in [0.25, 0.3) is 11.6 Å². The van der Waals surface area contributed by atoms with Crippen molar-refractivity contribution in [3.05, 3.63) is 91.4 Å². The summed E-state index contributed by atoms with van der Waals surface area (Å²) in [4.78, 5) is 22.6. The van der Waals surface area contributed by atoms with E-state index in [1.807, 2.05) is 0 Å². The number of allylic oxidation sites excluding steroid dienone is 1. The highest BCUT2D eigenvalue weighted by atomic mass is 79.9. The van der Waals surface area contributed by atoms with Crippen LogP contribution in [0, 0.1) is 21.4 Å². The number of carbonyl (C=O) groups excluding carboxylic acids is 1. The van der Waals surface area contributed by atoms with Crippen LogP contribution in [0.1, 0.15) is 11.1 Å². The lowest BCUT2D eigenvalue weighted by molar-refractivity contribution is -0.384. The Bertz CT molecular complexity index is 1290. The van der Waals surface area contributed by atoms with Gasteiger partial charge >= 0.3 is 0 Å². The van der Waals surface area contributed by atoms with Crippen LogP contribution in [-0.2, 0) is 4.79 Å². The van der Waals surface area contributed by atoms with Crippen molar-refractivity contribution >= 4 is 56.5 Å². The van der Waals surface area contributed by atoms with Gasteiger partial charge in [0.15, 0.2) is 18.1 Å². The SMILES string of the molecule is COc1cc(/C=C(\C#N)c2ccc([N+](=O)[O-])cc2)cc(Br)c1OCC(=O)Nc1ccc(Cl)cc1. The number of nitro benzene ring substituents is 1. The number of nitro groups is 1. The Balaban J connectivity index is 1.78. The number of amides is 1. The van der Waals surface area contributed by atoms with Gasteiger partial charge in [-0.15, -0.1) is 0 Å². The molecule has 0 spiro atoms. The summed E-state index contributed by atoms with van der Waals surface area (Å²) >= 11 is 9.26. The topological polar surface area (TPSA) is 114 Å². The van der Waals surface area contributed by atoms with E-state index in [4.69, 9.17) is 21.1 Å². The normalized spacial score (nSPS) is 10.8. The molecule has 8 nitrogen and oxygen atoms in total. The maximum Gasteiger partial charge on any atom is 0.269 e. The summed E-state index contributed by atoms with van der Waals surface area (Å²) in [5.74, 6) is 0.297. The Kier molecular flexibility index (Phi) is 8.24. The van der Waals surface area contributed by atoms with E-state index in [1.165, 1.54) is 31.4 Å². The number of halogens is 2. The molecule has 0 atom stereocenters. The second kappa shape index (κ2) is 11.3. The Morgan fingerprint density at radius 1 is 1.21 bits per heavy atom. The minimum absolute atomic E-state index is 0.0629. The molecule has 1 N–H and O–H groups in total. The molecule has 0 bridgehead atoms. The highest BCUT2D eigenvalue weighted by Crippen LogP contribution is 2.37. The number of rotatable bonds is 8. The standard InChI is InChI=1S/C24H17BrClN3O5/c1-33-22-12-15(10-17(13-27)16-2-8-20(9-3-16)29(31)32)11-21(25)24(22)34-14-23(30)28-19-6-4-18(26)5-7-19/h2-12H,14H2,1H3,(H,28,30)/b17-10+. The number of carbonyl (C=O) groups is 1. The second-order valence-electron chi connectivity index (χ2n) is 6.85. The van der Waals surface area contributed by atoms with E-state index < -0.39 is 4.92 Å². The van der Waals surface area contributed by atoms with E-state index in [-0.39, 0.29) is 18.2 Å². The zero-order chi connectivity index (χ0) is 24.7. The Morgan fingerprint density at radius 3 is 2.47 bits per heavy atom. The highest BCUT2D eigenvalue weighted by molar-refractivity contribution is 9.10. The van der Waals surface area contributed by atoms with Gasteiger partial charge in [-0.25, -0.2) is 0 Å². The zero-order valence-corrected chi connectivity index (χ0v) is 20.1. The number of non-ortho nitro benzene ring substituents is 1. The van der Waals surface area contributed by atoms with E-state index in [0.717, 1.165) is 0 Å². The molecule has 3 aromatic carbocycles. The molecule has 10 heteroatoms. The minimum Gasteiger partial charge on any atom is -0.493 e. The van der Waals surface area contributed by atoms with Crippen LogP contribution in [0.25, 0.3) is 11.6 Å². The number of benzene rings is 3. The molecular weight excluding hydrogens is 526 g/mol. The predicted octanol–water partition coefficient (Wildman–Crippen LogP) is 6.10. The molecule has 0 saturated heterocycles. The third kappa shape index (κ3) is 6.34. The maximum atomic E-state index is 12.2. The molecule has 3 aromatic rings. The van der Waals surface area contributed by atoms with E-state index in [9.17, 15) is 20.2 Å². The number of ether oxygens (including phenoxy) is 2. The number of anilines is 1. The summed E-state index contributed by atoms with van der Waals surface area (Å²) < 4.78 is 11.6. The summed E-state index contributed by atoms with van der Waals surface area (Å²) in [5, 5.41) is 23.7. The monoisotopic (exact) mass is 541 g/mol. The largest absolute Gasteiger partial charge is 0.493 e. The summed E-state index contributed by atoms with van der Waals surface area (Å²) in [5.41, 5.74) is 1.98. The smallest absolute Gasteiger partial charge is 0.269 e. The second-order valence-corrected chi connectivity index (χ2v) is 8.14. The van der Waals surface area contributed by atoms with Crippen molar-refractivity contribution in [2.24, 2.45) is 0 Å². The molecule has 0 unspecified atom stereocenters.